The fourth-order valence-corrected chi connectivity index (χ4v) is 3.29. The average Bonchev–Trinajstić information content (AvgIpc) is 2.94. The maximum absolute atomic E-state index is 12.9. The standard InChI is InChI=1S/C21H22N2O3/c1-3-26-20(25)12-6-11-19(24)21-15(2)23(16-8-7-13-22-14-16)18-10-5-4-9-17(18)21/h4-5,7-10,13-14H,3,6,11-12H2,1-2H3. The number of fused-ring (bicyclic) bond motifs is 1. The molecule has 0 atom stereocenters. The number of para-hydroxylation sites is 1. The van der Waals surface area contributed by atoms with Gasteiger partial charge in [-0.25, -0.2) is 0 Å². The molecule has 0 spiro atoms. The van der Waals surface area contributed by atoms with E-state index >= 15 is 0 Å². The molecule has 26 heavy (non-hydrogen) atoms. The lowest BCUT2D eigenvalue weighted by Gasteiger charge is -2.08. The molecule has 3 rings (SSSR count). The van der Waals surface area contributed by atoms with Crippen LogP contribution in [0.1, 0.15) is 42.2 Å². The third-order valence-corrected chi connectivity index (χ3v) is 4.38. The van der Waals surface area contributed by atoms with E-state index in [4.69, 9.17) is 4.74 Å². The fraction of sp³-hybridized carbons (Fsp3) is 0.286. The summed E-state index contributed by atoms with van der Waals surface area (Å²) >= 11 is 0. The number of rotatable bonds is 7. The van der Waals surface area contributed by atoms with Crippen molar-refractivity contribution in [3.8, 4) is 5.69 Å². The van der Waals surface area contributed by atoms with Crippen LogP contribution in [0.5, 0.6) is 0 Å². The first-order chi connectivity index (χ1) is 12.6. The quantitative estimate of drug-likeness (QED) is 0.472. The van der Waals surface area contributed by atoms with E-state index in [-0.39, 0.29) is 18.2 Å². The fourth-order valence-electron chi connectivity index (χ4n) is 3.29. The van der Waals surface area contributed by atoms with E-state index in [0.29, 0.717) is 25.0 Å². The molecule has 0 aliphatic heterocycles. The van der Waals surface area contributed by atoms with Gasteiger partial charge in [-0.2, -0.15) is 0 Å². The number of nitrogens with zero attached hydrogens (tertiary/aromatic N) is 2. The molecule has 0 radical (unpaired) electrons. The third-order valence-electron chi connectivity index (χ3n) is 4.38. The smallest absolute Gasteiger partial charge is 0.305 e. The Morgan fingerprint density at radius 1 is 1.12 bits per heavy atom. The van der Waals surface area contributed by atoms with Gasteiger partial charge >= 0.3 is 5.97 Å². The summed E-state index contributed by atoms with van der Waals surface area (Å²) in [7, 11) is 0. The second kappa shape index (κ2) is 7.95. The highest BCUT2D eigenvalue weighted by atomic mass is 16.5. The van der Waals surface area contributed by atoms with E-state index in [9.17, 15) is 9.59 Å². The van der Waals surface area contributed by atoms with Crippen molar-refractivity contribution in [3.63, 3.8) is 0 Å². The number of carbonyl (C=O) groups excluding carboxylic acids is 2. The minimum absolute atomic E-state index is 0.0469. The summed E-state index contributed by atoms with van der Waals surface area (Å²) in [4.78, 5) is 28.6. The minimum atomic E-state index is -0.255. The topological polar surface area (TPSA) is 61.2 Å². The van der Waals surface area contributed by atoms with Gasteiger partial charge in [0.2, 0.25) is 0 Å². The lowest BCUT2D eigenvalue weighted by molar-refractivity contribution is -0.143. The summed E-state index contributed by atoms with van der Waals surface area (Å²) in [5, 5.41) is 0.926. The molecule has 3 aromatic rings. The number of carbonyl (C=O) groups is 2. The van der Waals surface area contributed by atoms with Crippen LogP contribution in [0.2, 0.25) is 0 Å². The largest absolute Gasteiger partial charge is 0.466 e. The first-order valence-corrected chi connectivity index (χ1v) is 8.82. The highest BCUT2D eigenvalue weighted by Crippen LogP contribution is 2.30. The average molecular weight is 350 g/mol. The van der Waals surface area contributed by atoms with Crippen LogP contribution in [-0.2, 0) is 9.53 Å². The van der Waals surface area contributed by atoms with E-state index in [1.54, 1.807) is 19.3 Å². The summed E-state index contributed by atoms with van der Waals surface area (Å²) in [6.07, 6.45) is 4.59. The highest BCUT2D eigenvalue weighted by molar-refractivity contribution is 6.10. The Morgan fingerprint density at radius 3 is 2.65 bits per heavy atom. The lowest BCUT2D eigenvalue weighted by Crippen LogP contribution is -2.07. The third kappa shape index (κ3) is 3.52. The Kier molecular flexibility index (Phi) is 5.46. The molecular weight excluding hydrogens is 328 g/mol. The maximum Gasteiger partial charge on any atom is 0.305 e. The molecule has 134 valence electrons. The summed E-state index contributed by atoms with van der Waals surface area (Å²) in [5.41, 5.74) is 3.51. The van der Waals surface area contributed by atoms with Crippen LogP contribution < -0.4 is 0 Å². The van der Waals surface area contributed by atoms with Gasteiger partial charge in [-0.05, 0) is 38.5 Å². The van der Waals surface area contributed by atoms with Gasteiger partial charge in [0.15, 0.2) is 5.78 Å². The highest BCUT2D eigenvalue weighted by Gasteiger charge is 2.20. The van der Waals surface area contributed by atoms with E-state index in [2.05, 4.69) is 9.55 Å². The monoisotopic (exact) mass is 350 g/mol. The van der Waals surface area contributed by atoms with Crippen molar-refractivity contribution < 1.29 is 14.3 Å². The number of Topliss-reactive ketones (excluding diaryl/α,β-unsaturated/α-hetero) is 1. The second-order valence-corrected chi connectivity index (χ2v) is 6.11. The van der Waals surface area contributed by atoms with E-state index in [1.807, 2.05) is 43.3 Å². The van der Waals surface area contributed by atoms with Crippen molar-refractivity contribution in [2.75, 3.05) is 6.61 Å². The molecular formula is C21H22N2O3. The Morgan fingerprint density at radius 2 is 1.92 bits per heavy atom. The summed E-state index contributed by atoms with van der Waals surface area (Å²) in [6.45, 7) is 4.09. The van der Waals surface area contributed by atoms with Crippen molar-refractivity contribution >= 4 is 22.7 Å². The van der Waals surface area contributed by atoms with Gasteiger partial charge in [0.1, 0.15) is 0 Å². The first kappa shape index (κ1) is 17.9. The van der Waals surface area contributed by atoms with E-state index < -0.39 is 0 Å². The van der Waals surface area contributed by atoms with Gasteiger partial charge in [-0.1, -0.05) is 18.2 Å². The SMILES string of the molecule is CCOC(=O)CCCC(=O)c1c(C)n(-c2cccnc2)c2ccccc12. The molecule has 5 nitrogen and oxygen atoms in total. The molecule has 0 N–H and O–H groups in total. The van der Waals surface area contributed by atoms with Gasteiger partial charge in [0.05, 0.1) is 24.0 Å². The molecule has 0 unspecified atom stereocenters. The molecule has 0 saturated carbocycles. The number of ketones is 1. The normalized spacial score (nSPS) is 10.8. The molecule has 0 amide bonds. The second-order valence-electron chi connectivity index (χ2n) is 6.11. The number of esters is 1. The molecule has 0 aliphatic rings. The molecule has 2 aromatic heterocycles. The van der Waals surface area contributed by atoms with Gasteiger partial charge < -0.3 is 9.30 Å². The number of ether oxygens (including phenoxy) is 1. The van der Waals surface area contributed by atoms with Crippen LogP contribution in [-0.4, -0.2) is 27.9 Å². The molecule has 0 aliphatic carbocycles. The lowest BCUT2D eigenvalue weighted by atomic mass is 10.0. The molecule has 0 saturated heterocycles. The zero-order valence-electron chi connectivity index (χ0n) is 15.1. The number of benzene rings is 1. The van der Waals surface area contributed by atoms with Crippen LogP contribution in [0.15, 0.2) is 48.8 Å². The predicted octanol–water partition coefficient (Wildman–Crippen LogP) is 4.25. The first-order valence-electron chi connectivity index (χ1n) is 8.82. The van der Waals surface area contributed by atoms with Crippen LogP contribution in [0.25, 0.3) is 16.6 Å². The number of hydrogen-bond donors (Lipinski definition) is 0. The predicted molar refractivity (Wildman–Crippen MR) is 101 cm³/mol. The van der Waals surface area contributed by atoms with Crippen molar-refractivity contribution in [1.29, 1.82) is 0 Å². The van der Waals surface area contributed by atoms with Crippen molar-refractivity contribution in [3.05, 3.63) is 60.0 Å². The number of aromatic nitrogens is 2. The van der Waals surface area contributed by atoms with Gasteiger partial charge in [-0.15, -0.1) is 0 Å². The Labute approximate surface area is 152 Å². The Bertz CT molecular complexity index is 929. The molecule has 0 bridgehead atoms. The Hall–Kier alpha value is -2.95. The van der Waals surface area contributed by atoms with Crippen LogP contribution >= 0.6 is 0 Å². The van der Waals surface area contributed by atoms with Gasteiger partial charge in [0.25, 0.3) is 0 Å². The van der Waals surface area contributed by atoms with E-state index in [1.165, 1.54) is 0 Å². The minimum Gasteiger partial charge on any atom is -0.466 e. The summed E-state index contributed by atoms with van der Waals surface area (Å²) < 4.78 is 6.98. The van der Waals surface area contributed by atoms with Gasteiger partial charge in [-0.3, -0.25) is 14.6 Å². The number of pyridine rings is 1. The molecule has 1 aromatic carbocycles. The van der Waals surface area contributed by atoms with Crippen molar-refractivity contribution in [1.82, 2.24) is 9.55 Å². The summed E-state index contributed by atoms with van der Waals surface area (Å²) in [5.74, 6) is -0.208. The molecule has 0 fully saturated rings. The van der Waals surface area contributed by atoms with Crippen LogP contribution in [0, 0.1) is 6.92 Å². The van der Waals surface area contributed by atoms with E-state index in [0.717, 1.165) is 22.3 Å². The van der Waals surface area contributed by atoms with Crippen molar-refractivity contribution in [2.24, 2.45) is 0 Å². The molecule has 2 heterocycles. The van der Waals surface area contributed by atoms with Gasteiger partial charge in [0, 0.05) is 35.7 Å². The maximum atomic E-state index is 12.9. The van der Waals surface area contributed by atoms with Crippen molar-refractivity contribution in [2.45, 2.75) is 33.1 Å². The zero-order chi connectivity index (χ0) is 18.5. The zero-order valence-corrected chi connectivity index (χ0v) is 15.1. The summed E-state index contributed by atoms with van der Waals surface area (Å²) in [6, 6.07) is 11.7. The van der Waals surface area contributed by atoms with Crippen LogP contribution in [0.3, 0.4) is 0 Å². The van der Waals surface area contributed by atoms with Crippen LogP contribution in [0.4, 0.5) is 0 Å². The number of hydrogen-bond acceptors (Lipinski definition) is 4. The molecule has 5 heteroatoms. The Balaban J connectivity index is 1.93.